The summed E-state index contributed by atoms with van der Waals surface area (Å²) in [4.78, 5) is 5.87. The second kappa shape index (κ2) is 8.11. The molecule has 0 aromatic carbocycles. The summed E-state index contributed by atoms with van der Waals surface area (Å²) >= 11 is 3.85. The molecule has 1 aromatic heterocycles. The fraction of sp³-hybridized carbons (Fsp3) is 0.769. The average molecular weight is 272 g/mol. The van der Waals surface area contributed by atoms with Crippen LogP contribution in [0.3, 0.4) is 0 Å². The standard InChI is InChI=1S/C13H24N2S2/c1-5-7-14-11(4)12-8-15-13(17-12)9-16-10(3)6-2/h8,10-11,14H,5-7,9H2,1-4H3. The Morgan fingerprint density at radius 2 is 2.18 bits per heavy atom. The molecule has 0 aliphatic rings. The molecule has 0 saturated heterocycles. The number of rotatable bonds is 8. The van der Waals surface area contributed by atoms with E-state index in [1.54, 1.807) is 0 Å². The molecule has 0 aliphatic heterocycles. The van der Waals surface area contributed by atoms with Gasteiger partial charge in [0.2, 0.25) is 0 Å². The molecule has 1 N–H and O–H groups in total. The van der Waals surface area contributed by atoms with E-state index in [1.165, 1.54) is 22.7 Å². The lowest BCUT2D eigenvalue weighted by atomic mass is 10.3. The quantitative estimate of drug-likeness (QED) is 0.766. The Balaban J connectivity index is 2.41. The molecule has 2 atom stereocenters. The third kappa shape index (κ3) is 5.40. The van der Waals surface area contributed by atoms with Crippen molar-refractivity contribution in [2.45, 2.75) is 57.6 Å². The van der Waals surface area contributed by atoms with E-state index in [2.05, 4.69) is 38.0 Å². The number of hydrogen-bond acceptors (Lipinski definition) is 4. The van der Waals surface area contributed by atoms with Gasteiger partial charge in [-0.3, -0.25) is 0 Å². The van der Waals surface area contributed by atoms with Gasteiger partial charge in [-0.1, -0.05) is 20.8 Å². The number of nitrogens with one attached hydrogen (secondary N) is 1. The van der Waals surface area contributed by atoms with Crippen molar-refractivity contribution in [1.82, 2.24) is 10.3 Å². The minimum atomic E-state index is 0.440. The molecule has 1 aromatic rings. The van der Waals surface area contributed by atoms with Crippen LogP contribution >= 0.6 is 23.1 Å². The van der Waals surface area contributed by atoms with Crippen LogP contribution in [-0.2, 0) is 5.75 Å². The fourth-order valence-electron chi connectivity index (χ4n) is 1.38. The molecule has 1 rings (SSSR count). The monoisotopic (exact) mass is 272 g/mol. The largest absolute Gasteiger partial charge is 0.309 e. The van der Waals surface area contributed by atoms with Crippen molar-refractivity contribution in [2.75, 3.05) is 6.54 Å². The zero-order valence-corrected chi connectivity index (χ0v) is 13.0. The molecule has 2 unspecified atom stereocenters. The van der Waals surface area contributed by atoms with Crippen LogP contribution in [0.4, 0.5) is 0 Å². The van der Waals surface area contributed by atoms with Crippen molar-refractivity contribution in [2.24, 2.45) is 0 Å². The lowest BCUT2D eigenvalue weighted by Gasteiger charge is -2.09. The van der Waals surface area contributed by atoms with Crippen LogP contribution in [0.2, 0.25) is 0 Å². The molecule has 0 spiro atoms. The highest BCUT2D eigenvalue weighted by Crippen LogP contribution is 2.26. The van der Waals surface area contributed by atoms with E-state index < -0.39 is 0 Å². The van der Waals surface area contributed by atoms with Crippen LogP contribution in [0.5, 0.6) is 0 Å². The summed E-state index contributed by atoms with van der Waals surface area (Å²) in [7, 11) is 0. The molecule has 98 valence electrons. The van der Waals surface area contributed by atoms with Crippen molar-refractivity contribution in [1.29, 1.82) is 0 Å². The molecule has 0 amide bonds. The maximum absolute atomic E-state index is 4.51. The van der Waals surface area contributed by atoms with Crippen molar-refractivity contribution < 1.29 is 0 Å². The highest BCUT2D eigenvalue weighted by molar-refractivity contribution is 7.99. The van der Waals surface area contributed by atoms with E-state index in [9.17, 15) is 0 Å². The zero-order valence-electron chi connectivity index (χ0n) is 11.3. The number of aromatic nitrogens is 1. The predicted octanol–water partition coefficient (Wildman–Crippen LogP) is 4.24. The predicted molar refractivity (Wildman–Crippen MR) is 79.9 cm³/mol. The molecule has 4 heteroatoms. The Kier molecular flexibility index (Phi) is 7.16. The third-order valence-corrected chi connectivity index (χ3v) is 5.47. The van der Waals surface area contributed by atoms with E-state index in [-0.39, 0.29) is 0 Å². The normalized spacial score (nSPS) is 14.8. The minimum absolute atomic E-state index is 0.440. The molecule has 0 radical (unpaired) electrons. The Morgan fingerprint density at radius 3 is 2.82 bits per heavy atom. The second-order valence-electron chi connectivity index (χ2n) is 4.36. The lowest BCUT2D eigenvalue weighted by Crippen LogP contribution is -2.18. The third-order valence-electron chi connectivity index (χ3n) is 2.76. The molecule has 1 heterocycles. The summed E-state index contributed by atoms with van der Waals surface area (Å²) in [6.07, 6.45) is 4.45. The topological polar surface area (TPSA) is 24.9 Å². The fourth-order valence-corrected chi connectivity index (χ4v) is 3.30. The summed E-state index contributed by atoms with van der Waals surface area (Å²) in [6, 6.07) is 0.440. The highest BCUT2D eigenvalue weighted by Gasteiger charge is 2.09. The maximum atomic E-state index is 4.51. The van der Waals surface area contributed by atoms with E-state index in [0.717, 1.165) is 17.5 Å². The van der Waals surface area contributed by atoms with E-state index >= 15 is 0 Å². The zero-order chi connectivity index (χ0) is 12.7. The Morgan fingerprint density at radius 1 is 1.41 bits per heavy atom. The first-order chi connectivity index (χ1) is 8.17. The van der Waals surface area contributed by atoms with E-state index in [0.29, 0.717) is 6.04 Å². The Labute approximate surface area is 114 Å². The summed E-state index contributed by atoms with van der Waals surface area (Å²) < 4.78 is 0. The second-order valence-corrected chi connectivity index (χ2v) is 6.94. The molecule has 17 heavy (non-hydrogen) atoms. The number of thioether (sulfide) groups is 1. The SMILES string of the molecule is CCCNC(C)c1cnc(CSC(C)CC)s1. The first-order valence-corrected chi connectivity index (χ1v) is 8.33. The Bertz CT molecular complexity index is 312. The van der Waals surface area contributed by atoms with Gasteiger partial charge >= 0.3 is 0 Å². The molecule has 2 nitrogen and oxygen atoms in total. The average Bonchev–Trinajstić information content (AvgIpc) is 2.81. The van der Waals surface area contributed by atoms with Crippen molar-refractivity contribution in [3.05, 3.63) is 16.1 Å². The van der Waals surface area contributed by atoms with Crippen LogP contribution in [-0.4, -0.2) is 16.8 Å². The van der Waals surface area contributed by atoms with Crippen LogP contribution in [0.1, 0.15) is 56.5 Å². The van der Waals surface area contributed by atoms with Crippen molar-refractivity contribution in [3.8, 4) is 0 Å². The summed E-state index contributed by atoms with van der Waals surface area (Å²) in [5, 5.41) is 5.50. The van der Waals surface area contributed by atoms with Gasteiger partial charge in [-0.15, -0.1) is 11.3 Å². The molecule has 0 aliphatic carbocycles. The molecular formula is C13H24N2S2. The van der Waals surface area contributed by atoms with Crippen LogP contribution < -0.4 is 5.32 Å². The van der Waals surface area contributed by atoms with E-state index in [4.69, 9.17) is 0 Å². The summed E-state index contributed by atoms with van der Waals surface area (Å²) in [6.45, 7) is 10.0. The van der Waals surface area contributed by atoms with Gasteiger partial charge < -0.3 is 5.32 Å². The van der Waals surface area contributed by atoms with Gasteiger partial charge in [0.15, 0.2) is 0 Å². The summed E-state index contributed by atoms with van der Waals surface area (Å²) in [5.74, 6) is 1.06. The smallest absolute Gasteiger partial charge is 0.103 e. The molecule has 0 bridgehead atoms. The molecule has 0 saturated carbocycles. The van der Waals surface area contributed by atoms with Gasteiger partial charge in [0.05, 0.1) is 0 Å². The maximum Gasteiger partial charge on any atom is 0.103 e. The van der Waals surface area contributed by atoms with Gasteiger partial charge in [-0.25, -0.2) is 4.98 Å². The van der Waals surface area contributed by atoms with Crippen LogP contribution in [0.15, 0.2) is 6.20 Å². The summed E-state index contributed by atoms with van der Waals surface area (Å²) in [5.41, 5.74) is 0. The first-order valence-electron chi connectivity index (χ1n) is 6.46. The first kappa shape index (κ1) is 15.0. The van der Waals surface area contributed by atoms with Crippen molar-refractivity contribution in [3.63, 3.8) is 0 Å². The molecule has 0 fully saturated rings. The number of hydrogen-bond donors (Lipinski definition) is 1. The van der Waals surface area contributed by atoms with Crippen LogP contribution in [0, 0.1) is 0 Å². The van der Waals surface area contributed by atoms with Gasteiger partial charge in [0.1, 0.15) is 5.01 Å². The van der Waals surface area contributed by atoms with Gasteiger partial charge in [0, 0.05) is 28.1 Å². The van der Waals surface area contributed by atoms with Gasteiger partial charge in [-0.05, 0) is 26.3 Å². The Hall–Kier alpha value is -0.0600. The van der Waals surface area contributed by atoms with Crippen LogP contribution in [0.25, 0.3) is 0 Å². The van der Waals surface area contributed by atoms with E-state index in [1.807, 2.05) is 29.3 Å². The highest BCUT2D eigenvalue weighted by atomic mass is 32.2. The number of nitrogens with zero attached hydrogens (tertiary/aromatic N) is 1. The van der Waals surface area contributed by atoms with Gasteiger partial charge in [-0.2, -0.15) is 11.8 Å². The molecular weight excluding hydrogens is 248 g/mol. The van der Waals surface area contributed by atoms with Gasteiger partial charge in [0.25, 0.3) is 0 Å². The van der Waals surface area contributed by atoms with Crippen molar-refractivity contribution >= 4 is 23.1 Å². The lowest BCUT2D eigenvalue weighted by molar-refractivity contribution is 0.577. The number of thiazole rings is 1. The minimum Gasteiger partial charge on any atom is -0.309 e.